The number of aryl methyl sites for hydroxylation is 1. The number of carboxylic acids is 1. The molecule has 0 aromatic heterocycles. The molecule has 1 aliphatic rings. The Kier molecular flexibility index (Phi) is 4.53. The fourth-order valence-electron chi connectivity index (χ4n) is 2.68. The van der Waals surface area contributed by atoms with Crippen LogP contribution in [0.4, 0.5) is 4.39 Å². The predicted molar refractivity (Wildman–Crippen MR) is 71.4 cm³/mol. The lowest BCUT2D eigenvalue weighted by Crippen LogP contribution is -2.36. The molecular weight excluding hydrogens is 245 g/mol. The highest BCUT2D eigenvalue weighted by Gasteiger charge is 2.26. The van der Waals surface area contributed by atoms with Crippen molar-refractivity contribution >= 4 is 5.97 Å². The third-order valence-corrected chi connectivity index (χ3v) is 3.84. The average Bonchev–Trinajstić information content (AvgIpc) is 2.40. The topological polar surface area (TPSA) is 49.3 Å². The highest BCUT2D eigenvalue weighted by molar-refractivity contribution is 5.70. The lowest BCUT2D eigenvalue weighted by Gasteiger charge is -2.27. The summed E-state index contributed by atoms with van der Waals surface area (Å²) in [5.74, 6) is -1.10. The first-order valence-electron chi connectivity index (χ1n) is 6.77. The Morgan fingerprint density at radius 2 is 2.26 bits per heavy atom. The maximum atomic E-state index is 13.1. The largest absolute Gasteiger partial charge is 0.481 e. The van der Waals surface area contributed by atoms with Gasteiger partial charge in [-0.05, 0) is 43.4 Å². The van der Waals surface area contributed by atoms with Gasteiger partial charge < -0.3 is 10.4 Å². The van der Waals surface area contributed by atoms with Gasteiger partial charge in [-0.1, -0.05) is 18.6 Å². The first-order chi connectivity index (χ1) is 9.06. The van der Waals surface area contributed by atoms with Gasteiger partial charge in [0.1, 0.15) is 5.82 Å². The Hall–Kier alpha value is -1.42. The molecule has 0 spiro atoms. The van der Waals surface area contributed by atoms with Crippen molar-refractivity contribution in [2.45, 2.75) is 45.2 Å². The third kappa shape index (κ3) is 3.77. The average molecular weight is 265 g/mol. The van der Waals surface area contributed by atoms with E-state index >= 15 is 0 Å². The summed E-state index contributed by atoms with van der Waals surface area (Å²) in [6, 6.07) is 5.33. The molecule has 0 radical (unpaired) electrons. The first kappa shape index (κ1) is 14.0. The monoisotopic (exact) mass is 265 g/mol. The summed E-state index contributed by atoms with van der Waals surface area (Å²) in [5.41, 5.74) is 1.68. The Bertz CT molecular complexity index is 461. The summed E-state index contributed by atoms with van der Waals surface area (Å²) < 4.78 is 13.1. The molecule has 0 saturated heterocycles. The molecule has 0 heterocycles. The van der Waals surface area contributed by atoms with Gasteiger partial charge in [0.05, 0.1) is 5.92 Å². The number of carboxylic acid groups (broad SMARTS) is 1. The maximum Gasteiger partial charge on any atom is 0.306 e. The minimum absolute atomic E-state index is 0.188. The molecule has 1 fully saturated rings. The number of hydrogen-bond donors (Lipinski definition) is 2. The van der Waals surface area contributed by atoms with Crippen LogP contribution < -0.4 is 5.32 Å². The van der Waals surface area contributed by atoms with E-state index in [-0.39, 0.29) is 17.8 Å². The zero-order valence-electron chi connectivity index (χ0n) is 11.2. The molecule has 0 amide bonds. The van der Waals surface area contributed by atoms with Crippen molar-refractivity contribution < 1.29 is 14.3 Å². The predicted octanol–water partition coefficient (Wildman–Crippen LogP) is 2.87. The summed E-state index contributed by atoms with van der Waals surface area (Å²) in [6.07, 6.45) is 3.44. The fourth-order valence-corrected chi connectivity index (χ4v) is 2.68. The van der Waals surface area contributed by atoms with E-state index in [0.717, 1.165) is 24.8 Å². The third-order valence-electron chi connectivity index (χ3n) is 3.84. The van der Waals surface area contributed by atoms with Crippen LogP contribution in [0, 0.1) is 18.7 Å². The smallest absolute Gasteiger partial charge is 0.306 e. The van der Waals surface area contributed by atoms with Crippen molar-refractivity contribution in [1.82, 2.24) is 5.32 Å². The summed E-state index contributed by atoms with van der Waals surface area (Å²) in [4.78, 5) is 11.0. The van der Waals surface area contributed by atoms with Crippen LogP contribution in [-0.4, -0.2) is 17.1 Å². The summed E-state index contributed by atoms with van der Waals surface area (Å²) in [7, 11) is 0. The Morgan fingerprint density at radius 3 is 2.95 bits per heavy atom. The van der Waals surface area contributed by atoms with E-state index in [1.165, 1.54) is 6.07 Å². The molecule has 1 aromatic carbocycles. The van der Waals surface area contributed by atoms with Crippen LogP contribution in [0.2, 0.25) is 0 Å². The second kappa shape index (κ2) is 6.15. The van der Waals surface area contributed by atoms with E-state index in [4.69, 9.17) is 5.11 Å². The molecule has 3 nitrogen and oxygen atoms in total. The number of aliphatic carboxylic acids is 1. The molecule has 2 rings (SSSR count). The van der Waals surface area contributed by atoms with E-state index in [9.17, 15) is 9.18 Å². The zero-order valence-corrected chi connectivity index (χ0v) is 11.2. The van der Waals surface area contributed by atoms with E-state index in [1.807, 2.05) is 6.07 Å². The molecular formula is C15H20FNO2. The van der Waals surface area contributed by atoms with Crippen LogP contribution in [-0.2, 0) is 11.3 Å². The Balaban J connectivity index is 1.87. The Labute approximate surface area is 112 Å². The highest BCUT2D eigenvalue weighted by Crippen LogP contribution is 2.24. The van der Waals surface area contributed by atoms with Gasteiger partial charge in [0.2, 0.25) is 0 Å². The molecule has 0 aliphatic heterocycles. The van der Waals surface area contributed by atoms with Crippen molar-refractivity contribution in [2.24, 2.45) is 5.92 Å². The zero-order chi connectivity index (χ0) is 13.8. The van der Waals surface area contributed by atoms with Gasteiger partial charge >= 0.3 is 5.97 Å². The lowest BCUT2D eigenvalue weighted by atomic mass is 9.86. The van der Waals surface area contributed by atoms with Crippen LogP contribution in [0.25, 0.3) is 0 Å². The highest BCUT2D eigenvalue weighted by atomic mass is 19.1. The fraction of sp³-hybridized carbons (Fsp3) is 0.533. The van der Waals surface area contributed by atoms with E-state index in [0.29, 0.717) is 18.5 Å². The number of rotatable bonds is 4. The number of carbonyl (C=O) groups is 1. The van der Waals surface area contributed by atoms with Crippen LogP contribution in [0.15, 0.2) is 18.2 Å². The summed E-state index contributed by atoms with van der Waals surface area (Å²) in [6.45, 7) is 2.41. The van der Waals surface area contributed by atoms with Gasteiger partial charge in [-0.3, -0.25) is 4.79 Å². The molecule has 2 atom stereocenters. The van der Waals surface area contributed by atoms with Crippen LogP contribution in [0.1, 0.15) is 36.8 Å². The van der Waals surface area contributed by atoms with Crippen LogP contribution >= 0.6 is 0 Å². The second-order valence-corrected chi connectivity index (χ2v) is 5.36. The maximum absolute atomic E-state index is 13.1. The molecule has 4 heteroatoms. The molecule has 2 unspecified atom stereocenters. The number of nitrogens with one attached hydrogen (secondary N) is 1. The minimum Gasteiger partial charge on any atom is -0.481 e. The molecule has 104 valence electrons. The minimum atomic E-state index is -0.691. The van der Waals surface area contributed by atoms with Crippen molar-refractivity contribution in [3.63, 3.8) is 0 Å². The van der Waals surface area contributed by atoms with Gasteiger partial charge in [-0.25, -0.2) is 4.39 Å². The quantitative estimate of drug-likeness (QED) is 0.880. The van der Waals surface area contributed by atoms with Gasteiger partial charge in [0.15, 0.2) is 0 Å². The molecule has 2 N–H and O–H groups in total. The lowest BCUT2D eigenvalue weighted by molar-refractivity contribution is -0.143. The molecule has 19 heavy (non-hydrogen) atoms. The van der Waals surface area contributed by atoms with E-state index in [2.05, 4.69) is 5.32 Å². The first-order valence-corrected chi connectivity index (χ1v) is 6.77. The summed E-state index contributed by atoms with van der Waals surface area (Å²) in [5, 5.41) is 12.4. The summed E-state index contributed by atoms with van der Waals surface area (Å²) >= 11 is 0. The van der Waals surface area contributed by atoms with Crippen molar-refractivity contribution in [1.29, 1.82) is 0 Å². The van der Waals surface area contributed by atoms with Crippen molar-refractivity contribution in [3.8, 4) is 0 Å². The van der Waals surface area contributed by atoms with Crippen molar-refractivity contribution in [3.05, 3.63) is 35.1 Å². The van der Waals surface area contributed by atoms with E-state index < -0.39 is 5.97 Å². The Morgan fingerprint density at radius 1 is 1.47 bits per heavy atom. The SMILES string of the molecule is Cc1cc(CNC2CCCC(C(=O)O)C2)ccc1F. The van der Waals surface area contributed by atoms with Crippen LogP contribution in [0.5, 0.6) is 0 Å². The molecule has 1 aromatic rings. The number of benzene rings is 1. The van der Waals surface area contributed by atoms with Gasteiger partial charge in [0, 0.05) is 12.6 Å². The van der Waals surface area contributed by atoms with E-state index in [1.54, 1.807) is 13.0 Å². The molecule has 1 saturated carbocycles. The standard InChI is InChI=1S/C15H20FNO2/c1-10-7-11(5-6-14(10)16)9-17-13-4-2-3-12(8-13)15(18)19/h5-7,12-13,17H,2-4,8-9H2,1H3,(H,18,19). The number of halogens is 1. The molecule has 0 bridgehead atoms. The van der Waals surface area contributed by atoms with Gasteiger partial charge in [-0.15, -0.1) is 0 Å². The van der Waals surface area contributed by atoms with Crippen molar-refractivity contribution in [2.75, 3.05) is 0 Å². The van der Waals surface area contributed by atoms with Gasteiger partial charge in [0.25, 0.3) is 0 Å². The van der Waals surface area contributed by atoms with Gasteiger partial charge in [-0.2, -0.15) is 0 Å². The second-order valence-electron chi connectivity index (χ2n) is 5.36. The normalized spacial score (nSPS) is 23.3. The van der Waals surface area contributed by atoms with Crippen LogP contribution in [0.3, 0.4) is 0 Å². The number of hydrogen-bond acceptors (Lipinski definition) is 2. The molecule has 1 aliphatic carbocycles.